The van der Waals surface area contributed by atoms with Gasteiger partial charge in [-0.1, -0.05) is 51.1 Å². The van der Waals surface area contributed by atoms with Crippen LogP contribution >= 0.6 is 0 Å². The van der Waals surface area contributed by atoms with E-state index in [1.807, 2.05) is 0 Å². The Balaban J connectivity index is 1.29. The Morgan fingerprint density at radius 3 is 2.53 bits per heavy atom. The standard InChI is InChI=1S/C26H36N2O4/c1-23(2)17-27-10-9-20(23)31-22(30)28-32-21(29)26-13-18-11-24(3,15-26)14-25(12-18,16-26)19-7-5-4-6-8-19/h4-8,18,20,27H,9-17H2,1-3H3,(H,28,30). The zero-order valence-corrected chi connectivity index (χ0v) is 19.5. The summed E-state index contributed by atoms with van der Waals surface area (Å²) in [5.41, 5.74) is 3.13. The molecule has 174 valence electrons. The molecule has 6 heteroatoms. The highest BCUT2D eigenvalue weighted by Gasteiger charge is 2.65. The Labute approximate surface area is 190 Å². The maximum atomic E-state index is 13.4. The second-order valence-corrected chi connectivity index (χ2v) is 12.1. The van der Waals surface area contributed by atoms with Crippen LogP contribution < -0.4 is 10.8 Å². The van der Waals surface area contributed by atoms with Crippen molar-refractivity contribution in [3.8, 4) is 0 Å². The van der Waals surface area contributed by atoms with Gasteiger partial charge in [0.25, 0.3) is 0 Å². The van der Waals surface area contributed by atoms with Gasteiger partial charge in [-0.3, -0.25) is 0 Å². The monoisotopic (exact) mass is 440 g/mol. The number of amides is 1. The first kappa shape index (κ1) is 21.7. The molecular weight excluding hydrogens is 404 g/mol. The maximum Gasteiger partial charge on any atom is 0.440 e. The van der Waals surface area contributed by atoms with Crippen LogP contribution in [0.15, 0.2) is 30.3 Å². The van der Waals surface area contributed by atoms with Gasteiger partial charge in [0, 0.05) is 12.0 Å². The van der Waals surface area contributed by atoms with Crippen molar-refractivity contribution in [3.63, 3.8) is 0 Å². The van der Waals surface area contributed by atoms with E-state index in [0.29, 0.717) is 5.92 Å². The van der Waals surface area contributed by atoms with Crippen LogP contribution in [-0.2, 0) is 19.8 Å². The van der Waals surface area contributed by atoms with Crippen LogP contribution in [0.2, 0.25) is 0 Å². The third-order valence-corrected chi connectivity index (χ3v) is 8.68. The number of piperidine rings is 1. The minimum atomic E-state index is -0.674. The Bertz CT molecular complexity index is 902. The third kappa shape index (κ3) is 3.70. The highest BCUT2D eigenvalue weighted by atomic mass is 16.7. The molecule has 1 aliphatic heterocycles. The first-order valence-electron chi connectivity index (χ1n) is 12.1. The number of ether oxygens (including phenoxy) is 1. The lowest BCUT2D eigenvalue weighted by Gasteiger charge is -2.65. The molecule has 5 aliphatic rings. The fourth-order valence-corrected chi connectivity index (χ4v) is 7.98. The van der Waals surface area contributed by atoms with Crippen molar-refractivity contribution in [2.45, 2.75) is 77.2 Å². The molecule has 32 heavy (non-hydrogen) atoms. The summed E-state index contributed by atoms with van der Waals surface area (Å²) in [6.07, 6.45) is 5.80. The van der Waals surface area contributed by atoms with Crippen molar-refractivity contribution >= 4 is 12.1 Å². The summed E-state index contributed by atoms with van der Waals surface area (Å²) in [6, 6.07) is 10.7. The Morgan fingerprint density at radius 1 is 1.03 bits per heavy atom. The third-order valence-electron chi connectivity index (χ3n) is 8.68. The van der Waals surface area contributed by atoms with Crippen LogP contribution in [0.25, 0.3) is 0 Å². The van der Waals surface area contributed by atoms with E-state index in [-0.39, 0.29) is 28.3 Å². The van der Waals surface area contributed by atoms with Gasteiger partial charge >= 0.3 is 12.1 Å². The maximum absolute atomic E-state index is 13.4. The molecule has 0 aromatic heterocycles. The summed E-state index contributed by atoms with van der Waals surface area (Å²) in [6.45, 7) is 8.07. The van der Waals surface area contributed by atoms with E-state index < -0.39 is 11.5 Å². The lowest BCUT2D eigenvalue weighted by atomic mass is 9.39. The van der Waals surface area contributed by atoms with Crippen molar-refractivity contribution in [2.24, 2.45) is 22.2 Å². The lowest BCUT2D eigenvalue weighted by Crippen LogP contribution is -2.61. The number of carbonyl (C=O) groups is 2. The smallest absolute Gasteiger partial charge is 0.440 e. The van der Waals surface area contributed by atoms with Gasteiger partial charge in [-0.05, 0) is 73.8 Å². The number of hydrogen-bond donors (Lipinski definition) is 2. The molecule has 4 aliphatic carbocycles. The molecule has 1 aromatic rings. The molecule has 5 unspecified atom stereocenters. The Kier molecular flexibility index (Phi) is 5.08. The second kappa shape index (κ2) is 7.47. The van der Waals surface area contributed by atoms with Crippen LogP contribution in [0, 0.1) is 22.2 Å². The quantitative estimate of drug-likeness (QED) is 0.678. The largest absolute Gasteiger partial charge is 0.443 e. The molecule has 4 saturated carbocycles. The predicted molar refractivity (Wildman–Crippen MR) is 121 cm³/mol. The molecule has 5 atom stereocenters. The summed E-state index contributed by atoms with van der Waals surface area (Å²) >= 11 is 0. The Morgan fingerprint density at radius 2 is 1.81 bits per heavy atom. The summed E-state index contributed by atoms with van der Waals surface area (Å²) < 4.78 is 5.62. The van der Waals surface area contributed by atoms with Gasteiger partial charge in [0.2, 0.25) is 0 Å². The van der Waals surface area contributed by atoms with Gasteiger partial charge in [-0.25, -0.2) is 9.59 Å². The first-order chi connectivity index (χ1) is 15.1. The second-order valence-electron chi connectivity index (χ2n) is 12.1. The van der Waals surface area contributed by atoms with E-state index in [1.165, 1.54) is 12.0 Å². The molecule has 1 saturated heterocycles. The number of benzene rings is 1. The number of nitrogens with one attached hydrogen (secondary N) is 2. The molecule has 1 amide bonds. The summed E-state index contributed by atoms with van der Waals surface area (Å²) in [7, 11) is 0. The molecule has 1 aromatic carbocycles. The van der Waals surface area contributed by atoms with Gasteiger partial charge in [-0.15, -0.1) is 5.48 Å². The van der Waals surface area contributed by atoms with Crippen LogP contribution in [0.5, 0.6) is 0 Å². The minimum absolute atomic E-state index is 0.0219. The van der Waals surface area contributed by atoms with E-state index in [1.54, 1.807) is 0 Å². The van der Waals surface area contributed by atoms with Crippen molar-refractivity contribution in [2.75, 3.05) is 13.1 Å². The highest BCUT2D eigenvalue weighted by Crippen LogP contribution is 2.70. The molecule has 5 fully saturated rings. The van der Waals surface area contributed by atoms with Gasteiger partial charge in [0.15, 0.2) is 0 Å². The number of rotatable bonds is 3. The average Bonchev–Trinajstić information content (AvgIpc) is 2.72. The molecule has 6 rings (SSSR count). The fourth-order valence-electron chi connectivity index (χ4n) is 7.98. The van der Waals surface area contributed by atoms with Crippen LogP contribution in [-0.4, -0.2) is 31.3 Å². The fraction of sp³-hybridized carbons (Fsp3) is 0.692. The van der Waals surface area contributed by atoms with Gasteiger partial charge < -0.3 is 14.9 Å². The first-order valence-corrected chi connectivity index (χ1v) is 12.1. The molecule has 4 bridgehead atoms. The zero-order chi connectivity index (χ0) is 22.6. The minimum Gasteiger partial charge on any atom is -0.443 e. The van der Waals surface area contributed by atoms with E-state index in [2.05, 4.69) is 61.9 Å². The van der Waals surface area contributed by atoms with E-state index in [4.69, 9.17) is 9.57 Å². The molecule has 6 nitrogen and oxygen atoms in total. The summed E-state index contributed by atoms with van der Waals surface area (Å²) in [4.78, 5) is 31.3. The SMILES string of the molecule is CC12CC3CC(C(=O)ONC(=O)OC4CCNCC4(C)C)(C1)CC(c1ccccc1)(C3)C2. The van der Waals surface area contributed by atoms with Gasteiger partial charge in [-0.2, -0.15) is 0 Å². The normalized spacial score (nSPS) is 39.3. The molecule has 0 spiro atoms. The average molecular weight is 441 g/mol. The van der Waals surface area contributed by atoms with Gasteiger partial charge in [0.1, 0.15) is 6.10 Å². The predicted octanol–water partition coefficient (Wildman–Crippen LogP) is 4.49. The highest BCUT2D eigenvalue weighted by molar-refractivity contribution is 5.79. The number of carbonyl (C=O) groups excluding carboxylic acids is 2. The van der Waals surface area contributed by atoms with Crippen LogP contribution in [0.4, 0.5) is 4.79 Å². The van der Waals surface area contributed by atoms with Crippen LogP contribution in [0.1, 0.15) is 71.3 Å². The summed E-state index contributed by atoms with van der Waals surface area (Å²) in [5, 5.41) is 3.33. The van der Waals surface area contributed by atoms with Crippen molar-refractivity contribution in [1.29, 1.82) is 0 Å². The molecule has 0 radical (unpaired) electrons. The van der Waals surface area contributed by atoms with E-state index >= 15 is 0 Å². The lowest BCUT2D eigenvalue weighted by molar-refractivity contribution is -0.189. The molecule has 2 N–H and O–H groups in total. The topological polar surface area (TPSA) is 76.7 Å². The number of hydrogen-bond acceptors (Lipinski definition) is 5. The molecular formula is C26H36N2O4. The summed E-state index contributed by atoms with van der Waals surface area (Å²) in [5.74, 6) is 0.223. The van der Waals surface area contributed by atoms with Crippen molar-refractivity contribution in [1.82, 2.24) is 10.8 Å². The number of hydroxylamine groups is 1. The van der Waals surface area contributed by atoms with Crippen molar-refractivity contribution in [3.05, 3.63) is 35.9 Å². The van der Waals surface area contributed by atoms with Crippen molar-refractivity contribution < 1.29 is 19.2 Å². The van der Waals surface area contributed by atoms with Gasteiger partial charge in [0.05, 0.1) is 5.41 Å². The van der Waals surface area contributed by atoms with E-state index in [9.17, 15) is 9.59 Å². The molecule has 1 heterocycles. The van der Waals surface area contributed by atoms with Crippen LogP contribution in [0.3, 0.4) is 0 Å². The van der Waals surface area contributed by atoms with E-state index in [0.717, 1.165) is 51.6 Å². The zero-order valence-electron chi connectivity index (χ0n) is 19.5. The Hall–Kier alpha value is -2.08.